The lowest BCUT2D eigenvalue weighted by atomic mass is 10.2. The smallest absolute Gasteiger partial charge is 0.224 e. The number of hydrogen-bond donors (Lipinski definition) is 1. The first-order valence-electron chi connectivity index (χ1n) is 8.20. The number of nitrogens with zero attached hydrogens (tertiary/aromatic N) is 3. The molecule has 0 saturated heterocycles. The Morgan fingerprint density at radius 2 is 1.92 bits per heavy atom. The van der Waals surface area contributed by atoms with Crippen molar-refractivity contribution < 1.29 is 13.5 Å². The molecule has 26 heavy (non-hydrogen) atoms. The molecule has 1 aromatic carbocycles. The van der Waals surface area contributed by atoms with Crippen LogP contribution in [-0.4, -0.2) is 15.0 Å². The van der Waals surface area contributed by atoms with Crippen molar-refractivity contribution in [2.24, 2.45) is 0 Å². The molecule has 2 heterocycles. The normalized spacial score (nSPS) is 10.6. The molecule has 0 aliphatic rings. The van der Waals surface area contributed by atoms with Crippen molar-refractivity contribution in [3.05, 3.63) is 71.3 Å². The molecular formula is C19H18F2N4O. The standard InChI is InChI=1S/C19H18F2N4O/c1-3-13-10-23-12(2)25-18(13)24-11-14-5-4-8-22-19(14)26-15-6-7-16(20)17(21)9-15/h4-10H,3,11H2,1-2H3,(H,23,24,25). The molecule has 0 bridgehead atoms. The summed E-state index contributed by atoms with van der Waals surface area (Å²) >= 11 is 0. The zero-order chi connectivity index (χ0) is 18.5. The number of ether oxygens (including phenoxy) is 1. The highest BCUT2D eigenvalue weighted by Gasteiger charge is 2.10. The number of rotatable bonds is 6. The number of hydrogen-bond acceptors (Lipinski definition) is 5. The summed E-state index contributed by atoms with van der Waals surface area (Å²) in [7, 11) is 0. The van der Waals surface area contributed by atoms with E-state index in [4.69, 9.17) is 4.74 Å². The number of nitrogens with one attached hydrogen (secondary N) is 1. The average molecular weight is 356 g/mol. The summed E-state index contributed by atoms with van der Waals surface area (Å²) in [6.45, 7) is 4.27. The van der Waals surface area contributed by atoms with Crippen LogP contribution >= 0.6 is 0 Å². The quantitative estimate of drug-likeness (QED) is 0.708. The lowest BCUT2D eigenvalue weighted by molar-refractivity contribution is 0.443. The molecule has 0 saturated carbocycles. The van der Waals surface area contributed by atoms with E-state index in [0.717, 1.165) is 35.5 Å². The first-order valence-corrected chi connectivity index (χ1v) is 8.20. The predicted octanol–water partition coefficient (Wildman–Crippen LogP) is 4.43. The Morgan fingerprint density at radius 1 is 1.08 bits per heavy atom. The van der Waals surface area contributed by atoms with Crippen molar-refractivity contribution in [1.82, 2.24) is 15.0 Å². The van der Waals surface area contributed by atoms with E-state index in [9.17, 15) is 8.78 Å². The Hall–Kier alpha value is -3.09. The fourth-order valence-electron chi connectivity index (χ4n) is 2.39. The average Bonchev–Trinajstić information content (AvgIpc) is 2.64. The first-order chi connectivity index (χ1) is 12.6. The Kier molecular flexibility index (Phi) is 5.36. The Bertz CT molecular complexity index is 918. The van der Waals surface area contributed by atoms with Crippen molar-refractivity contribution in [3.63, 3.8) is 0 Å². The summed E-state index contributed by atoms with van der Waals surface area (Å²) < 4.78 is 32.1. The number of halogens is 2. The molecule has 0 amide bonds. The van der Waals surface area contributed by atoms with E-state index in [-0.39, 0.29) is 5.75 Å². The van der Waals surface area contributed by atoms with Crippen molar-refractivity contribution in [1.29, 1.82) is 0 Å². The second-order valence-electron chi connectivity index (χ2n) is 5.64. The Labute approximate surface area is 150 Å². The highest BCUT2D eigenvalue weighted by atomic mass is 19.2. The lowest BCUT2D eigenvalue weighted by Gasteiger charge is -2.13. The van der Waals surface area contributed by atoms with Gasteiger partial charge in [-0.3, -0.25) is 0 Å². The van der Waals surface area contributed by atoms with Gasteiger partial charge in [-0.2, -0.15) is 0 Å². The molecule has 3 aromatic rings. The van der Waals surface area contributed by atoms with Gasteiger partial charge >= 0.3 is 0 Å². The molecule has 0 unspecified atom stereocenters. The van der Waals surface area contributed by atoms with Gasteiger partial charge in [0.15, 0.2) is 11.6 Å². The molecule has 3 rings (SSSR count). The Morgan fingerprint density at radius 3 is 2.69 bits per heavy atom. The van der Waals surface area contributed by atoms with Crippen LogP contribution in [0.3, 0.4) is 0 Å². The van der Waals surface area contributed by atoms with E-state index in [0.29, 0.717) is 18.2 Å². The van der Waals surface area contributed by atoms with Crippen LogP contribution in [-0.2, 0) is 13.0 Å². The van der Waals surface area contributed by atoms with Gasteiger partial charge in [-0.1, -0.05) is 13.0 Å². The maximum Gasteiger partial charge on any atom is 0.224 e. The predicted molar refractivity (Wildman–Crippen MR) is 94.1 cm³/mol. The second kappa shape index (κ2) is 7.86. The number of pyridine rings is 1. The maximum absolute atomic E-state index is 13.4. The van der Waals surface area contributed by atoms with Crippen LogP contribution in [0.4, 0.5) is 14.6 Å². The van der Waals surface area contributed by atoms with Gasteiger partial charge in [-0.05, 0) is 31.5 Å². The summed E-state index contributed by atoms with van der Waals surface area (Å²) in [6, 6.07) is 6.98. The fourth-order valence-corrected chi connectivity index (χ4v) is 2.39. The minimum atomic E-state index is -0.970. The molecule has 0 aliphatic heterocycles. The third-order valence-corrected chi connectivity index (χ3v) is 3.77. The van der Waals surface area contributed by atoms with Crippen molar-refractivity contribution >= 4 is 5.82 Å². The summed E-state index contributed by atoms with van der Waals surface area (Å²) in [5, 5.41) is 3.26. The number of anilines is 1. The van der Waals surface area contributed by atoms with E-state index in [1.807, 2.05) is 19.9 Å². The van der Waals surface area contributed by atoms with Crippen LogP contribution in [0.1, 0.15) is 23.9 Å². The molecule has 0 atom stereocenters. The number of aryl methyl sites for hydroxylation is 2. The number of aromatic nitrogens is 3. The van der Waals surface area contributed by atoms with Gasteiger partial charge < -0.3 is 10.1 Å². The topological polar surface area (TPSA) is 59.9 Å². The van der Waals surface area contributed by atoms with Crippen molar-refractivity contribution in [2.75, 3.05) is 5.32 Å². The minimum absolute atomic E-state index is 0.177. The molecule has 134 valence electrons. The van der Waals surface area contributed by atoms with E-state index in [1.54, 1.807) is 18.5 Å². The van der Waals surface area contributed by atoms with E-state index in [2.05, 4.69) is 20.3 Å². The zero-order valence-corrected chi connectivity index (χ0v) is 14.5. The van der Waals surface area contributed by atoms with Crippen LogP contribution in [0.25, 0.3) is 0 Å². The summed E-state index contributed by atoms with van der Waals surface area (Å²) in [4.78, 5) is 12.8. The Balaban J connectivity index is 1.79. The summed E-state index contributed by atoms with van der Waals surface area (Å²) in [5.41, 5.74) is 1.76. The molecule has 7 heteroatoms. The highest BCUT2D eigenvalue weighted by Crippen LogP contribution is 2.25. The highest BCUT2D eigenvalue weighted by molar-refractivity contribution is 5.44. The van der Waals surface area contributed by atoms with Gasteiger partial charge in [0.1, 0.15) is 17.4 Å². The van der Waals surface area contributed by atoms with Crippen LogP contribution in [0, 0.1) is 18.6 Å². The van der Waals surface area contributed by atoms with Gasteiger partial charge in [0, 0.05) is 36.1 Å². The molecule has 0 spiro atoms. The van der Waals surface area contributed by atoms with Crippen molar-refractivity contribution in [2.45, 2.75) is 26.8 Å². The van der Waals surface area contributed by atoms with E-state index >= 15 is 0 Å². The monoisotopic (exact) mass is 356 g/mol. The third-order valence-electron chi connectivity index (χ3n) is 3.77. The van der Waals surface area contributed by atoms with Crippen LogP contribution < -0.4 is 10.1 Å². The zero-order valence-electron chi connectivity index (χ0n) is 14.5. The lowest BCUT2D eigenvalue weighted by Crippen LogP contribution is -2.07. The van der Waals surface area contributed by atoms with Crippen LogP contribution in [0.15, 0.2) is 42.7 Å². The summed E-state index contributed by atoms with van der Waals surface area (Å²) in [6.07, 6.45) is 4.17. The molecule has 0 fully saturated rings. The fraction of sp³-hybridized carbons (Fsp3) is 0.211. The minimum Gasteiger partial charge on any atom is -0.439 e. The molecule has 1 N–H and O–H groups in total. The largest absolute Gasteiger partial charge is 0.439 e. The first kappa shape index (κ1) is 17.7. The molecule has 0 aliphatic carbocycles. The van der Waals surface area contributed by atoms with E-state index in [1.165, 1.54) is 6.07 Å². The molecule has 5 nitrogen and oxygen atoms in total. The van der Waals surface area contributed by atoms with Gasteiger partial charge in [-0.25, -0.2) is 23.7 Å². The van der Waals surface area contributed by atoms with Crippen LogP contribution in [0.2, 0.25) is 0 Å². The molecule has 0 radical (unpaired) electrons. The van der Waals surface area contributed by atoms with E-state index < -0.39 is 11.6 Å². The number of benzene rings is 1. The molecule has 2 aromatic heterocycles. The van der Waals surface area contributed by atoms with Gasteiger partial charge in [0.25, 0.3) is 0 Å². The van der Waals surface area contributed by atoms with Gasteiger partial charge in [-0.15, -0.1) is 0 Å². The van der Waals surface area contributed by atoms with Gasteiger partial charge in [0.2, 0.25) is 5.88 Å². The second-order valence-corrected chi connectivity index (χ2v) is 5.64. The third kappa shape index (κ3) is 4.11. The van der Waals surface area contributed by atoms with Crippen molar-refractivity contribution in [3.8, 4) is 11.6 Å². The molecular weight excluding hydrogens is 338 g/mol. The van der Waals surface area contributed by atoms with Gasteiger partial charge in [0.05, 0.1) is 0 Å². The maximum atomic E-state index is 13.4. The van der Waals surface area contributed by atoms with Crippen LogP contribution in [0.5, 0.6) is 11.6 Å². The SMILES string of the molecule is CCc1cnc(C)nc1NCc1cccnc1Oc1ccc(F)c(F)c1. The summed E-state index contributed by atoms with van der Waals surface area (Å²) in [5.74, 6) is 0.0243.